The summed E-state index contributed by atoms with van der Waals surface area (Å²) in [6.07, 6.45) is 6.96. The summed E-state index contributed by atoms with van der Waals surface area (Å²) in [4.78, 5) is 54.5. The molecule has 0 aromatic heterocycles. The molecule has 2 aliphatic rings. The van der Waals surface area contributed by atoms with Gasteiger partial charge in [-0.15, -0.1) is 0 Å². The molecule has 0 unspecified atom stereocenters. The number of benzene rings is 3. The first-order valence-corrected chi connectivity index (χ1v) is 12.3. The van der Waals surface area contributed by atoms with Crippen LogP contribution in [0.5, 0.6) is 5.75 Å². The van der Waals surface area contributed by atoms with Gasteiger partial charge in [-0.25, -0.2) is 4.90 Å². The molecular formula is C29H27NO5. The van der Waals surface area contributed by atoms with Crippen molar-refractivity contribution in [2.45, 2.75) is 51.9 Å². The highest BCUT2D eigenvalue weighted by atomic mass is 16.3. The predicted octanol–water partition coefficient (Wildman–Crippen LogP) is 6.09. The summed E-state index contributed by atoms with van der Waals surface area (Å²) in [5.41, 5.74) is 1.72. The number of Topliss-reactive ketones (excluding diaryl/α,β-unsaturated/α-hetero) is 2. The molecule has 6 heteroatoms. The van der Waals surface area contributed by atoms with Gasteiger partial charge in [-0.1, -0.05) is 45.4 Å². The summed E-state index contributed by atoms with van der Waals surface area (Å²) >= 11 is 0. The van der Waals surface area contributed by atoms with E-state index in [1.807, 2.05) is 0 Å². The Morgan fingerprint density at radius 3 is 1.71 bits per heavy atom. The molecule has 1 N–H and O–H groups in total. The Bertz CT molecular complexity index is 1300. The molecule has 6 nitrogen and oxygen atoms in total. The normalized spacial score (nSPS) is 15.4. The van der Waals surface area contributed by atoms with Gasteiger partial charge in [-0.3, -0.25) is 19.2 Å². The van der Waals surface area contributed by atoms with Crippen molar-refractivity contribution in [1.29, 1.82) is 0 Å². The van der Waals surface area contributed by atoms with E-state index in [0.717, 1.165) is 24.2 Å². The molecule has 0 saturated heterocycles. The Balaban J connectivity index is 1.51. The van der Waals surface area contributed by atoms with E-state index < -0.39 is 17.7 Å². The van der Waals surface area contributed by atoms with E-state index in [4.69, 9.17) is 0 Å². The molecular weight excluding hydrogens is 442 g/mol. The molecule has 0 fully saturated rings. The van der Waals surface area contributed by atoms with Gasteiger partial charge in [-0.2, -0.15) is 0 Å². The van der Waals surface area contributed by atoms with Crippen LogP contribution in [0.3, 0.4) is 0 Å². The maximum absolute atomic E-state index is 13.4. The third kappa shape index (κ3) is 3.73. The van der Waals surface area contributed by atoms with Crippen LogP contribution in [-0.4, -0.2) is 28.5 Å². The van der Waals surface area contributed by atoms with Crippen LogP contribution >= 0.6 is 0 Å². The van der Waals surface area contributed by atoms with Gasteiger partial charge < -0.3 is 5.11 Å². The van der Waals surface area contributed by atoms with Gasteiger partial charge >= 0.3 is 0 Å². The zero-order valence-electron chi connectivity index (χ0n) is 19.7. The van der Waals surface area contributed by atoms with Gasteiger partial charge in [0, 0.05) is 33.0 Å². The highest BCUT2D eigenvalue weighted by molar-refractivity contribution is 6.40. The fraction of sp³-hybridized carbons (Fsp3) is 0.310. The number of carbonyl (C=O) groups is 4. The van der Waals surface area contributed by atoms with E-state index >= 15 is 0 Å². The van der Waals surface area contributed by atoms with Crippen LogP contribution in [0.25, 0.3) is 10.8 Å². The number of nitrogens with zero attached hydrogens (tertiary/aromatic N) is 1. The number of hydrogen-bond acceptors (Lipinski definition) is 5. The number of rotatable bonds is 8. The van der Waals surface area contributed by atoms with Crippen molar-refractivity contribution in [3.63, 3.8) is 0 Å². The fourth-order valence-corrected chi connectivity index (χ4v) is 5.32. The van der Waals surface area contributed by atoms with Crippen LogP contribution in [0, 0.1) is 5.92 Å². The highest BCUT2D eigenvalue weighted by Gasteiger charge is 2.41. The molecule has 0 bridgehead atoms. The third-order valence-corrected chi connectivity index (χ3v) is 7.15. The van der Waals surface area contributed by atoms with E-state index in [2.05, 4.69) is 6.92 Å². The Hall–Kier alpha value is -3.80. The lowest BCUT2D eigenvalue weighted by Gasteiger charge is -2.30. The number of imide groups is 1. The van der Waals surface area contributed by atoms with E-state index in [1.54, 1.807) is 24.3 Å². The van der Waals surface area contributed by atoms with Crippen LogP contribution in [0.15, 0.2) is 48.5 Å². The molecule has 2 amide bonds. The highest BCUT2D eigenvalue weighted by Crippen LogP contribution is 2.41. The zero-order valence-corrected chi connectivity index (χ0v) is 19.7. The first kappa shape index (κ1) is 23.0. The van der Waals surface area contributed by atoms with Gasteiger partial charge in [-0.05, 0) is 55.0 Å². The number of amides is 2. The number of aromatic hydroxyl groups is 1. The summed E-state index contributed by atoms with van der Waals surface area (Å²) in [7, 11) is 0. The Kier molecular flexibility index (Phi) is 5.97. The first-order chi connectivity index (χ1) is 16.9. The number of hydrogen-bond donors (Lipinski definition) is 1. The molecule has 1 aliphatic heterocycles. The van der Waals surface area contributed by atoms with Crippen molar-refractivity contribution in [3.05, 3.63) is 70.8 Å². The Morgan fingerprint density at radius 2 is 1.14 bits per heavy atom. The smallest absolute Gasteiger partial charge is 0.265 e. The van der Waals surface area contributed by atoms with Gasteiger partial charge in [0.15, 0.2) is 11.6 Å². The van der Waals surface area contributed by atoms with Gasteiger partial charge in [0.05, 0.1) is 11.6 Å². The molecule has 1 aliphatic carbocycles. The van der Waals surface area contributed by atoms with Crippen molar-refractivity contribution in [1.82, 2.24) is 0 Å². The van der Waals surface area contributed by atoms with Crippen molar-refractivity contribution >= 4 is 39.8 Å². The SMILES string of the molecule is CCCCCCCCC1C(=O)c2ccc3c4c(ccc(c24)C1=O)C(=O)N(c1ccc(O)cc1)C3=O. The van der Waals surface area contributed by atoms with Crippen LogP contribution in [0.4, 0.5) is 5.69 Å². The minimum Gasteiger partial charge on any atom is -0.508 e. The van der Waals surface area contributed by atoms with Crippen molar-refractivity contribution in [3.8, 4) is 5.75 Å². The predicted molar refractivity (Wildman–Crippen MR) is 133 cm³/mol. The summed E-state index contributed by atoms with van der Waals surface area (Å²) in [5.74, 6) is -2.17. The van der Waals surface area contributed by atoms with Gasteiger partial charge in [0.2, 0.25) is 0 Å². The van der Waals surface area contributed by atoms with Gasteiger partial charge in [0.25, 0.3) is 11.8 Å². The minimum atomic E-state index is -0.712. The number of phenols is 1. The summed E-state index contributed by atoms with van der Waals surface area (Å²) < 4.78 is 0. The third-order valence-electron chi connectivity index (χ3n) is 7.15. The topological polar surface area (TPSA) is 91.8 Å². The minimum absolute atomic E-state index is 0.0251. The molecule has 0 radical (unpaired) electrons. The van der Waals surface area contributed by atoms with Crippen molar-refractivity contribution < 1.29 is 24.3 Å². The second-order valence-electron chi connectivity index (χ2n) is 9.37. The largest absolute Gasteiger partial charge is 0.508 e. The fourth-order valence-electron chi connectivity index (χ4n) is 5.32. The average Bonchev–Trinajstić information content (AvgIpc) is 2.86. The van der Waals surface area contributed by atoms with Crippen molar-refractivity contribution in [2.24, 2.45) is 5.92 Å². The lowest BCUT2D eigenvalue weighted by molar-refractivity contribution is 0.0788. The van der Waals surface area contributed by atoms with Crippen LogP contribution in [0.1, 0.15) is 93.3 Å². The lowest BCUT2D eigenvalue weighted by atomic mass is 9.75. The molecule has 178 valence electrons. The zero-order chi connectivity index (χ0) is 24.7. The summed E-state index contributed by atoms with van der Waals surface area (Å²) in [6.45, 7) is 2.17. The number of anilines is 1. The van der Waals surface area contributed by atoms with Gasteiger partial charge in [0.1, 0.15) is 5.75 Å². The maximum atomic E-state index is 13.4. The molecule has 0 spiro atoms. The second kappa shape index (κ2) is 9.10. The first-order valence-electron chi connectivity index (χ1n) is 12.3. The van der Waals surface area contributed by atoms with Crippen LogP contribution in [0.2, 0.25) is 0 Å². The number of ketones is 2. The summed E-state index contributed by atoms with van der Waals surface area (Å²) in [5, 5.41) is 10.4. The average molecular weight is 470 g/mol. The molecule has 0 atom stereocenters. The molecule has 3 aromatic rings. The standard InChI is InChI=1S/C29H27NO5/c1-2-3-4-5-6-7-8-23-26(32)19-13-15-21-25-22(16-14-20(24(19)25)27(23)33)29(35)30(28(21)34)17-9-11-18(31)12-10-17/h9-16,23,31H,2-8H2,1H3. The van der Waals surface area contributed by atoms with E-state index in [1.165, 1.54) is 43.5 Å². The van der Waals surface area contributed by atoms with E-state index in [-0.39, 0.29) is 28.4 Å². The molecule has 1 heterocycles. The maximum Gasteiger partial charge on any atom is 0.265 e. The van der Waals surface area contributed by atoms with E-state index in [9.17, 15) is 24.3 Å². The molecule has 0 saturated carbocycles. The second-order valence-corrected chi connectivity index (χ2v) is 9.37. The van der Waals surface area contributed by atoms with Crippen molar-refractivity contribution in [2.75, 3.05) is 4.90 Å². The van der Waals surface area contributed by atoms with E-state index in [0.29, 0.717) is 34.0 Å². The van der Waals surface area contributed by atoms with Crippen LogP contribution in [-0.2, 0) is 0 Å². The summed E-state index contributed by atoms with van der Waals surface area (Å²) in [6, 6.07) is 12.2. The molecule has 3 aromatic carbocycles. The Morgan fingerprint density at radius 1 is 0.657 bits per heavy atom. The Labute approximate surface area is 203 Å². The monoisotopic (exact) mass is 469 g/mol. The number of carbonyl (C=O) groups excluding carboxylic acids is 4. The number of phenolic OH excluding ortho intramolecular Hbond substituents is 1. The molecule has 35 heavy (non-hydrogen) atoms. The van der Waals surface area contributed by atoms with Crippen LogP contribution < -0.4 is 4.90 Å². The lowest BCUT2D eigenvalue weighted by Crippen LogP contribution is -2.41. The number of unbranched alkanes of at least 4 members (excludes halogenated alkanes) is 5. The quantitative estimate of drug-likeness (QED) is 0.245. The molecule has 5 rings (SSSR count).